The summed E-state index contributed by atoms with van der Waals surface area (Å²) in [7, 11) is 2.15. The predicted octanol–water partition coefficient (Wildman–Crippen LogP) is 3.97. The Morgan fingerprint density at radius 3 is 2.55 bits per heavy atom. The van der Waals surface area contributed by atoms with E-state index in [1.807, 2.05) is 6.07 Å². The van der Waals surface area contributed by atoms with E-state index < -0.39 is 5.91 Å². The van der Waals surface area contributed by atoms with Gasteiger partial charge < -0.3 is 15.6 Å². The lowest BCUT2D eigenvalue weighted by Gasteiger charge is -2.32. The average Bonchev–Trinajstić information content (AvgIpc) is 3.14. The number of piperazine rings is 1. The summed E-state index contributed by atoms with van der Waals surface area (Å²) in [5, 5.41) is 1.78. The molecule has 2 heterocycles. The average molecular weight is 417 g/mol. The molecule has 1 saturated heterocycles. The Labute approximate surface area is 180 Å². The van der Waals surface area contributed by atoms with Crippen molar-refractivity contribution < 1.29 is 9.18 Å². The molecule has 4 aromatic rings. The molecule has 0 spiro atoms. The summed E-state index contributed by atoms with van der Waals surface area (Å²) in [4.78, 5) is 20.3. The second-order valence-corrected chi connectivity index (χ2v) is 8.34. The fourth-order valence-corrected chi connectivity index (χ4v) is 4.53. The third-order valence-corrected chi connectivity index (χ3v) is 6.25. The normalized spacial score (nSPS) is 15.7. The van der Waals surface area contributed by atoms with Crippen molar-refractivity contribution in [2.24, 2.45) is 5.73 Å². The summed E-state index contributed by atoms with van der Waals surface area (Å²) < 4.78 is 14.6. The first kappa shape index (κ1) is 19.7. The van der Waals surface area contributed by atoms with E-state index in [0.717, 1.165) is 54.6 Å². The van der Waals surface area contributed by atoms with E-state index in [2.05, 4.69) is 40.0 Å². The van der Waals surface area contributed by atoms with Crippen LogP contribution in [0, 0.1) is 5.82 Å². The molecule has 1 aliphatic heterocycles. The first-order valence-corrected chi connectivity index (χ1v) is 10.5. The van der Waals surface area contributed by atoms with Crippen molar-refractivity contribution in [3.8, 4) is 11.1 Å². The van der Waals surface area contributed by atoms with Crippen LogP contribution in [-0.2, 0) is 6.54 Å². The van der Waals surface area contributed by atoms with E-state index in [1.54, 1.807) is 24.3 Å². The minimum absolute atomic E-state index is 0.295. The van der Waals surface area contributed by atoms with Crippen LogP contribution < -0.4 is 5.73 Å². The Morgan fingerprint density at radius 2 is 1.81 bits per heavy atom. The van der Waals surface area contributed by atoms with Crippen molar-refractivity contribution in [3.63, 3.8) is 0 Å². The summed E-state index contributed by atoms with van der Waals surface area (Å²) in [5.41, 5.74) is 10.1. The molecule has 31 heavy (non-hydrogen) atoms. The van der Waals surface area contributed by atoms with Gasteiger partial charge in [0.15, 0.2) is 0 Å². The standard InChI is InChI=1S/C25H25FN4O/c1-29-10-12-30(13-11-29)15-16-6-7-19-22(14-16)28-24-20(25(27)31)9-8-18(23(19)24)17-4-2-3-5-21(17)26/h2-9,14,28H,10-13,15H2,1H3,(H2,27,31). The van der Waals surface area contributed by atoms with Crippen molar-refractivity contribution in [3.05, 3.63) is 71.5 Å². The maximum absolute atomic E-state index is 14.6. The third kappa shape index (κ3) is 3.58. The number of nitrogens with zero attached hydrogens (tertiary/aromatic N) is 2. The molecule has 158 valence electrons. The van der Waals surface area contributed by atoms with Crippen LogP contribution in [0.2, 0.25) is 0 Å². The zero-order valence-electron chi connectivity index (χ0n) is 17.5. The number of aromatic amines is 1. The van der Waals surface area contributed by atoms with E-state index in [9.17, 15) is 9.18 Å². The molecule has 3 N–H and O–H groups in total. The quantitative estimate of drug-likeness (QED) is 0.529. The second kappa shape index (κ2) is 7.80. The van der Waals surface area contributed by atoms with Crippen molar-refractivity contribution in [2.75, 3.05) is 33.2 Å². The van der Waals surface area contributed by atoms with Gasteiger partial charge in [-0.1, -0.05) is 36.4 Å². The van der Waals surface area contributed by atoms with Crippen molar-refractivity contribution in [1.29, 1.82) is 0 Å². The Balaban J connectivity index is 1.64. The number of rotatable bonds is 4. The summed E-state index contributed by atoms with van der Waals surface area (Å²) in [5.74, 6) is -0.800. The Hall–Kier alpha value is -3.22. The molecule has 0 aliphatic carbocycles. The van der Waals surface area contributed by atoms with Crippen LogP contribution in [0.3, 0.4) is 0 Å². The third-order valence-electron chi connectivity index (χ3n) is 6.25. The highest BCUT2D eigenvalue weighted by Gasteiger charge is 2.19. The fourth-order valence-electron chi connectivity index (χ4n) is 4.53. The van der Waals surface area contributed by atoms with Crippen LogP contribution in [0.1, 0.15) is 15.9 Å². The topological polar surface area (TPSA) is 65.4 Å². The van der Waals surface area contributed by atoms with Crippen LogP contribution in [0.15, 0.2) is 54.6 Å². The van der Waals surface area contributed by atoms with Gasteiger partial charge in [0.2, 0.25) is 0 Å². The summed E-state index contributed by atoms with van der Waals surface area (Å²) in [6.45, 7) is 5.11. The molecule has 1 amide bonds. The van der Waals surface area contributed by atoms with E-state index in [4.69, 9.17) is 5.73 Å². The molecule has 1 aliphatic rings. The molecule has 5 rings (SSSR count). The number of nitrogens with two attached hydrogens (primary N) is 1. The molecule has 1 aromatic heterocycles. The van der Waals surface area contributed by atoms with E-state index in [-0.39, 0.29) is 5.82 Å². The number of aromatic nitrogens is 1. The maximum Gasteiger partial charge on any atom is 0.250 e. The van der Waals surface area contributed by atoms with Crippen LogP contribution >= 0.6 is 0 Å². The highest BCUT2D eigenvalue weighted by molar-refractivity contribution is 6.19. The minimum Gasteiger partial charge on any atom is -0.366 e. The van der Waals surface area contributed by atoms with E-state index >= 15 is 0 Å². The van der Waals surface area contributed by atoms with Gasteiger partial charge in [0.1, 0.15) is 5.82 Å². The predicted molar refractivity (Wildman–Crippen MR) is 122 cm³/mol. The number of fused-ring (bicyclic) bond motifs is 3. The van der Waals surface area contributed by atoms with Crippen molar-refractivity contribution in [2.45, 2.75) is 6.54 Å². The van der Waals surface area contributed by atoms with Crippen LogP contribution in [0.4, 0.5) is 4.39 Å². The first-order chi connectivity index (χ1) is 15.0. The largest absolute Gasteiger partial charge is 0.366 e. The van der Waals surface area contributed by atoms with Gasteiger partial charge in [-0.05, 0) is 36.4 Å². The zero-order chi connectivity index (χ0) is 21.5. The number of primary amides is 1. The monoisotopic (exact) mass is 416 g/mol. The number of nitrogens with one attached hydrogen (secondary N) is 1. The number of halogens is 1. The smallest absolute Gasteiger partial charge is 0.250 e. The molecular formula is C25H25FN4O. The lowest BCUT2D eigenvalue weighted by Crippen LogP contribution is -2.43. The summed E-state index contributed by atoms with van der Waals surface area (Å²) in [6.07, 6.45) is 0. The number of H-pyrrole nitrogens is 1. The van der Waals surface area contributed by atoms with Gasteiger partial charge in [0.25, 0.3) is 5.91 Å². The van der Waals surface area contributed by atoms with Gasteiger partial charge in [0, 0.05) is 54.6 Å². The zero-order valence-corrected chi connectivity index (χ0v) is 17.5. The lowest BCUT2D eigenvalue weighted by atomic mass is 9.96. The Morgan fingerprint density at radius 1 is 1.03 bits per heavy atom. The SMILES string of the molecule is CN1CCN(Cc2ccc3c(c2)[nH]c2c(C(N)=O)ccc(-c4ccccc4F)c23)CC1. The molecule has 5 nitrogen and oxygen atoms in total. The van der Waals surface area contributed by atoms with E-state index in [0.29, 0.717) is 16.6 Å². The van der Waals surface area contributed by atoms with Crippen LogP contribution in [0.5, 0.6) is 0 Å². The summed E-state index contributed by atoms with van der Waals surface area (Å²) in [6, 6.07) is 16.5. The van der Waals surface area contributed by atoms with Gasteiger partial charge in [-0.3, -0.25) is 9.69 Å². The molecule has 0 bridgehead atoms. The molecule has 1 fully saturated rings. The van der Waals surface area contributed by atoms with Crippen LogP contribution in [0.25, 0.3) is 32.9 Å². The number of likely N-dealkylation sites (N-methyl/N-ethyl adjacent to an activating group) is 1. The van der Waals surface area contributed by atoms with Crippen molar-refractivity contribution >= 4 is 27.7 Å². The molecule has 0 unspecified atom stereocenters. The minimum atomic E-state index is -0.505. The van der Waals surface area contributed by atoms with Crippen molar-refractivity contribution in [1.82, 2.24) is 14.8 Å². The molecule has 0 saturated carbocycles. The fraction of sp³-hybridized carbons (Fsp3) is 0.240. The Bertz CT molecular complexity index is 1290. The highest BCUT2D eigenvalue weighted by atomic mass is 19.1. The highest BCUT2D eigenvalue weighted by Crippen LogP contribution is 2.37. The van der Waals surface area contributed by atoms with Gasteiger partial charge in [0.05, 0.1) is 11.1 Å². The van der Waals surface area contributed by atoms with Gasteiger partial charge >= 0.3 is 0 Å². The summed E-state index contributed by atoms with van der Waals surface area (Å²) >= 11 is 0. The number of hydrogen-bond donors (Lipinski definition) is 2. The molecule has 6 heteroatoms. The molecular weight excluding hydrogens is 391 g/mol. The second-order valence-electron chi connectivity index (χ2n) is 8.34. The van der Waals surface area contributed by atoms with Gasteiger partial charge in [-0.25, -0.2) is 4.39 Å². The number of carbonyl (C=O) groups is 1. The Kier molecular flexibility index (Phi) is 4.96. The number of benzene rings is 3. The van der Waals surface area contributed by atoms with Gasteiger partial charge in [-0.2, -0.15) is 0 Å². The lowest BCUT2D eigenvalue weighted by molar-refractivity contribution is 0.100. The molecule has 0 atom stereocenters. The number of carbonyl (C=O) groups excluding carboxylic acids is 1. The van der Waals surface area contributed by atoms with Gasteiger partial charge in [-0.15, -0.1) is 0 Å². The van der Waals surface area contributed by atoms with E-state index in [1.165, 1.54) is 11.6 Å². The molecule has 3 aromatic carbocycles. The van der Waals surface area contributed by atoms with Crippen LogP contribution in [-0.4, -0.2) is 53.9 Å². The maximum atomic E-state index is 14.6. The number of amides is 1. The molecule has 0 radical (unpaired) electrons. The first-order valence-electron chi connectivity index (χ1n) is 10.5. The number of hydrogen-bond acceptors (Lipinski definition) is 3.